The molecule has 1 aliphatic heterocycles. The highest BCUT2D eigenvalue weighted by molar-refractivity contribution is 6.04. The van der Waals surface area contributed by atoms with Crippen LogP contribution in [0.1, 0.15) is 11.6 Å². The van der Waals surface area contributed by atoms with Gasteiger partial charge >= 0.3 is 6.03 Å². The van der Waals surface area contributed by atoms with E-state index in [0.717, 1.165) is 5.56 Å². The molecule has 0 bridgehead atoms. The predicted octanol–water partition coefficient (Wildman–Crippen LogP) is 0.571. The van der Waals surface area contributed by atoms with Crippen LogP contribution in [0, 0.1) is 0 Å². The Labute approximate surface area is 92.4 Å². The predicted molar refractivity (Wildman–Crippen MR) is 57.5 cm³/mol. The molecule has 3 amide bonds. The summed E-state index contributed by atoms with van der Waals surface area (Å²) in [4.78, 5) is 22.1. The van der Waals surface area contributed by atoms with Gasteiger partial charge in [-0.05, 0) is 17.7 Å². The van der Waals surface area contributed by atoms with Crippen molar-refractivity contribution in [2.24, 2.45) is 0 Å². The van der Waals surface area contributed by atoms with E-state index < -0.39 is 12.1 Å². The first-order chi connectivity index (χ1) is 6.66. The molecule has 80 valence electrons. The minimum Gasteiger partial charge on any atom is -0.399 e. The van der Waals surface area contributed by atoms with Crippen molar-refractivity contribution in [3.05, 3.63) is 29.8 Å². The molecule has 1 heterocycles. The number of carbonyl (C=O) groups is 2. The van der Waals surface area contributed by atoms with Crippen LogP contribution in [0.3, 0.4) is 0 Å². The van der Waals surface area contributed by atoms with Crippen LogP contribution < -0.4 is 16.4 Å². The molecule has 4 N–H and O–H groups in total. The fraction of sp³-hybridized carbons (Fsp3) is 0.111. The molecule has 1 aromatic rings. The van der Waals surface area contributed by atoms with E-state index in [9.17, 15) is 9.59 Å². The topological polar surface area (TPSA) is 84.2 Å². The summed E-state index contributed by atoms with van der Waals surface area (Å²) >= 11 is 0. The standard InChI is InChI=1S/C9H9N3O2.ClH/c10-6-3-1-5(2-4-6)7-8(13)12-9(14)11-7;/h1-4,7H,10H2,(H2,11,12,13,14);1H. The van der Waals surface area contributed by atoms with Gasteiger partial charge in [0.1, 0.15) is 6.04 Å². The van der Waals surface area contributed by atoms with E-state index >= 15 is 0 Å². The SMILES string of the molecule is Cl.Nc1ccc(C2NC(=O)NC2=O)cc1. The molecule has 0 saturated carbocycles. The van der Waals surface area contributed by atoms with Crippen LogP contribution in [-0.2, 0) is 4.79 Å². The van der Waals surface area contributed by atoms with Crippen LogP contribution in [0.15, 0.2) is 24.3 Å². The van der Waals surface area contributed by atoms with Crippen molar-refractivity contribution in [1.29, 1.82) is 0 Å². The van der Waals surface area contributed by atoms with E-state index in [4.69, 9.17) is 5.73 Å². The number of nitrogens with two attached hydrogens (primary N) is 1. The first-order valence-corrected chi connectivity index (χ1v) is 4.13. The summed E-state index contributed by atoms with van der Waals surface area (Å²) in [6.07, 6.45) is 0. The van der Waals surface area contributed by atoms with Crippen molar-refractivity contribution in [2.45, 2.75) is 6.04 Å². The Morgan fingerprint density at radius 2 is 1.73 bits per heavy atom. The van der Waals surface area contributed by atoms with Gasteiger partial charge < -0.3 is 11.1 Å². The zero-order valence-corrected chi connectivity index (χ0v) is 8.51. The second-order valence-corrected chi connectivity index (χ2v) is 3.06. The molecular formula is C9H10ClN3O2. The molecule has 1 aliphatic rings. The third-order valence-electron chi connectivity index (χ3n) is 2.04. The van der Waals surface area contributed by atoms with Crippen molar-refractivity contribution in [1.82, 2.24) is 10.6 Å². The van der Waals surface area contributed by atoms with Gasteiger partial charge in [-0.2, -0.15) is 0 Å². The lowest BCUT2D eigenvalue weighted by Gasteiger charge is -2.06. The maximum absolute atomic E-state index is 11.2. The number of benzene rings is 1. The lowest BCUT2D eigenvalue weighted by molar-refractivity contribution is -0.120. The Bertz CT molecular complexity index is 391. The van der Waals surface area contributed by atoms with Crippen LogP contribution in [0.2, 0.25) is 0 Å². The molecule has 1 unspecified atom stereocenters. The number of halogens is 1. The van der Waals surface area contributed by atoms with Crippen molar-refractivity contribution in [3.63, 3.8) is 0 Å². The number of nitrogens with one attached hydrogen (secondary N) is 2. The van der Waals surface area contributed by atoms with Gasteiger partial charge in [-0.25, -0.2) is 4.79 Å². The average molecular weight is 228 g/mol. The number of hydrogen-bond acceptors (Lipinski definition) is 3. The first kappa shape index (κ1) is 11.3. The van der Waals surface area contributed by atoms with E-state index in [0.29, 0.717) is 5.69 Å². The Kier molecular flexibility index (Phi) is 3.16. The maximum atomic E-state index is 11.2. The van der Waals surface area contributed by atoms with Crippen LogP contribution in [0.25, 0.3) is 0 Å². The fourth-order valence-electron chi connectivity index (χ4n) is 1.34. The van der Waals surface area contributed by atoms with E-state index in [2.05, 4.69) is 10.6 Å². The molecule has 1 fully saturated rings. The molecule has 0 aromatic heterocycles. The summed E-state index contributed by atoms with van der Waals surface area (Å²) in [5.41, 5.74) is 6.85. The fourth-order valence-corrected chi connectivity index (χ4v) is 1.34. The summed E-state index contributed by atoms with van der Waals surface area (Å²) in [6.45, 7) is 0. The Balaban J connectivity index is 0.00000112. The second-order valence-electron chi connectivity index (χ2n) is 3.06. The van der Waals surface area contributed by atoms with Gasteiger partial charge in [-0.3, -0.25) is 10.1 Å². The van der Waals surface area contributed by atoms with Crippen molar-refractivity contribution in [2.75, 3.05) is 5.73 Å². The smallest absolute Gasteiger partial charge is 0.322 e. The van der Waals surface area contributed by atoms with Crippen molar-refractivity contribution >= 4 is 30.0 Å². The molecule has 0 radical (unpaired) electrons. The molecule has 0 spiro atoms. The van der Waals surface area contributed by atoms with E-state index in [-0.39, 0.29) is 18.3 Å². The largest absolute Gasteiger partial charge is 0.399 e. The highest BCUT2D eigenvalue weighted by atomic mass is 35.5. The number of anilines is 1. The minimum absolute atomic E-state index is 0. The molecular weight excluding hydrogens is 218 g/mol. The summed E-state index contributed by atoms with van der Waals surface area (Å²) in [5.74, 6) is -0.334. The average Bonchev–Trinajstić information content (AvgIpc) is 2.47. The number of urea groups is 1. The summed E-state index contributed by atoms with van der Waals surface area (Å²) < 4.78 is 0. The number of hydrogen-bond donors (Lipinski definition) is 3. The molecule has 1 atom stereocenters. The van der Waals surface area contributed by atoms with Gasteiger partial charge in [0.15, 0.2) is 0 Å². The molecule has 1 aromatic carbocycles. The Morgan fingerprint density at radius 3 is 2.20 bits per heavy atom. The van der Waals surface area contributed by atoms with Crippen LogP contribution in [-0.4, -0.2) is 11.9 Å². The Hall–Kier alpha value is -1.75. The molecule has 5 nitrogen and oxygen atoms in total. The maximum Gasteiger partial charge on any atom is 0.322 e. The second kappa shape index (κ2) is 4.18. The monoisotopic (exact) mass is 227 g/mol. The third kappa shape index (κ3) is 2.19. The molecule has 0 aliphatic carbocycles. The van der Waals surface area contributed by atoms with Gasteiger partial charge in [0.25, 0.3) is 5.91 Å². The van der Waals surface area contributed by atoms with E-state index in [1.54, 1.807) is 24.3 Å². The third-order valence-corrected chi connectivity index (χ3v) is 2.04. The highest BCUT2D eigenvalue weighted by Gasteiger charge is 2.30. The number of rotatable bonds is 1. The van der Waals surface area contributed by atoms with Crippen LogP contribution in [0.5, 0.6) is 0 Å². The molecule has 6 heteroatoms. The highest BCUT2D eigenvalue weighted by Crippen LogP contribution is 2.17. The molecule has 15 heavy (non-hydrogen) atoms. The number of imide groups is 1. The zero-order chi connectivity index (χ0) is 10.1. The van der Waals surface area contributed by atoms with Gasteiger partial charge in [0.2, 0.25) is 0 Å². The van der Waals surface area contributed by atoms with Gasteiger partial charge in [-0.1, -0.05) is 12.1 Å². The summed E-state index contributed by atoms with van der Waals surface area (Å²) in [6, 6.07) is 5.75. The summed E-state index contributed by atoms with van der Waals surface area (Å²) in [5, 5.41) is 4.66. The molecule has 2 rings (SSSR count). The van der Waals surface area contributed by atoms with Crippen molar-refractivity contribution < 1.29 is 9.59 Å². The molecule has 1 saturated heterocycles. The number of amides is 3. The van der Waals surface area contributed by atoms with Gasteiger partial charge in [0.05, 0.1) is 0 Å². The van der Waals surface area contributed by atoms with Gasteiger partial charge in [0, 0.05) is 5.69 Å². The minimum atomic E-state index is -0.594. The lowest BCUT2D eigenvalue weighted by Crippen LogP contribution is -2.22. The summed E-state index contributed by atoms with van der Waals surface area (Å²) in [7, 11) is 0. The quantitative estimate of drug-likeness (QED) is 0.485. The lowest BCUT2D eigenvalue weighted by atomic mass is 10.1. The van der Waals surface area contributed by atoms with E-state index in [1.807, 2.05) is 0 Å². The van der Waals surface area contributed by atoms with Gasteiger partial charge in [-0.15, -0.1) is 12.4 Å². The Morgan fingerprint density at radius 1 is 1.13 bits per heavy atom. The number of nitrogen functional groups attached to an aromatic ring is 1. The van der Waals surface area contributed by atoms with Crippen LogP contribution >= 0.6 is 12.4 Å². The number of carbonyl (C=O) groups excluding carboxylic acids is 2. The van der Waals surface area contributed by atoms with Crippen LogP contribution in [0.4, 0.5) is 10.5 Å². The normalized spacial score (nSPS) is 19.1. The van der Waals surface area contributed by atoms with Crippen molar-refractivity contribution in [3.8, 4) is 0 Å². The first-order valence-electron chi connectivity index (χ1n) is 4.13. The van der Waals surface area contributed by atoms with E-state index in [1.165, 1.54) is 0 Å². The zero-order valence-electron chi connectivity index (χ0n) is 7.69.